The summed E-state index contributed by atoms with van der Waals surface area (Å²) in [4.78, 5) is 28.2. The van der Waals surface area contributed by atoms with Gasteiger partial charge in [0, 0.05) is 16.9 Å². The third-order valence-electron chi connectivity index (χ3n) is 2.64. The fourth-order valence-electron chi connectivity index (χ4n) is 1.86. The van der Waals surface area contributed by atoms with Crippen LogP contribution in [-0.4, -0.2) is 52.0 Å². The van der Waals surface area contributed by atoms with Gasteiger partial charge in [-0.2, -0.15) is 0 Å². The van der Waals surface area contributed by atoms with Gasteiger partial charge < -0.3 is 19.5 Å². The SMILES string of the molecule is CC(C)(C)OC([O-])=NCC(=O)N1[C@@H](C=O)SCC1(C)C. The molecular weight excluding hydrogens is 280 g/mol. The van der Waals surface area contributed by atoms with E-state index in [-0.39, 0.29) is 12.5 Å². The number of aliphatic imine (C=N–C) groups is 1. The molecule has 0 aliphatic carbocycles. The molecule has 0 aromatic carbocycles. The maximum atomic E-state index is 12.2. The largest absolute Gasteiger partial charge is 0.595 e. The van der Waals surface area contributed by atoms with Crippen molar-refractivity contribution in [1.82, 2.24) is 4.90 Å². The Morgan fingerprint density at radius 2 is 2.15 bits per heavy atom. The quantitative estimate of drug-likeness (QED) is 0.428. The number of carbonyl (C=O) groups is 2. The van der Waals surface area contributed by atoms with Crippen LogP contribution in [0.3, 0.4) is 0 Å². The zero-order valence-electron chi connectivity index (χ0n) is 12.5. The van der Waals surface area contributed by atoms with Gasteiger partial charge in [0.05, 0.1) is 0 Å². The van der Waals surface area contributed by atoms with Gasteiger partial charge in [0.1, 0.15) is 18.0 Å². The Morgan fingerprint density at radius 1 is 1.55 bits per heavy atom. The molecule has 0 radical (unpaired) electrons. The molecule has 1 heterocycles. The van der Waals surface area contributed by atoms with Crippen LogP contribution in [0.25, 0.3) is 0 Å². The lowest BCUT2D eigenvalue weighted by molar-refractivity contribution is -0.260. The summed E-state index contributed by atoms with van der Waals surface area (Å²) in [6.45, 7) is 8.65. The molecule has 1 aliphatic rings. The van der Waals surface area contributed by atoms with Crippen molar-refractivity contribution in [2.24, 2.45) is 4.99 Å². The molecule has 0 unspecified atom stereocenters. The number of carbonyl (C=O) groups excluding carboxylic acids is 2. The molecule has 0 saturated carbocycles. The zero-order valence-corrected chi connectivity index (χ0v) is 13.3. The maximum absolute atomic E-state index is 12.2. The fraction of sp³-hybridized carbons (Fsp3) is 0.769. The van der Waals surface area contributed by atoms with E-state index in [1.807, 2.05) is 13.8 Å². The number of amides is 1. The van der Waals surface area contributed by atoms with E-state index in [1.54, 1.807) is 20.8 Å². The van der Waals surface area contributed by atoms with Gasteiger partial charge in [-0.15, -0.1) is 11.8 Å². The molecule has 0 aromatic rings. The topological polar surface area (TPSA) is 82.0 Å². The van der Waals surface area contributed by atoms with E-state index < -0.39 is 22.6 Å². The number of hydrogen-bond donors (Lipinski definition) is 0. The van der Waals surface area contributed by atoms with E-state index in [0.717, 1.165) is 6.29 Å². The van der Waals surface area contributed by atoms with E-state index in [2.05, 4.69) is 4.99 Å². The molecule has 114 valence electrons. The minimum absolute atomic E-state index is 0.302. The highest BCUT2D eigenvalue weighted by Gasteiger charge is 2.42. The molecule has 1 atom stereocenters. The molecule has 1 rings (SSSR count). The summed E-state index contributed by atoms with van der Waals surface area (Å²) in [7, 11) is 0. The van der Waals surface area contributed by atoms with Crippen molar-refractivity contribution in [2.75, 3.05) is 12.3 Å². The third-order valence-corrected chi connectivity index (χ3v) is 4.17. The average Bonchev–Trinajstić information content (AvgIpc) is 2.59. The Hall–Kier alpha value is -1.24. The molecule has 0 spiro atoms. The van der Waals surface area contributed by atoms with Crippen molar-refractivity contribution in [3.8, 4) is 0 Å². The lowest BCUT2D eigenvalue weighted by Crippen LogP contribution is -2.49. The van der Waals surface area contributed by atoms with E-state index in [1.165, 1.54) is 16.7 Å². The fourth-order valence-corrected chi connectivity index (χ4v) is 3.21. The number of aldehydes is 1. The molecule has 0 bridgehead atoms. The van der Waals surface area contributed by atoms with Crippen LogP contribution in [0.5, 0.6) is 0 Å². The van der Waals surface area contributed by atoms with Crippen LogP contribution in [0, 0.1) is 0 Å². The Balaban J connectivity index is 2.70. The highest BCUT2D eigenvalue weighted by molar-refractivity contribution is 8.00. The minimum atomic E-state index is -0.766. The van der Waals surface area contributed by atoms with Gasteiger partial charge >= 0.3 is 0 Å². The smallest absolute Gasteiger partial charge is 0.246 e. The lowest BCUT2D eigenvalue weighted by Gasteiger charge is -2.33. The average molecular weight is 301 g/mol. The van der Waals surface area contributed by atoms with E-state index in [4.69, 9.17) is 4.74 Å². The first-order chi connectivity index (χ1) is 9.07. The zero-order chi connectivity index (χ0) is 15.6. The van der Waals surface area contributed by atoms with Gasteiger partial charge in [0.15, 0.2) is 6.29 Å². The van der Waals surface area contributed by atoms with Crippen molar-refractivity contribution < 1.29 is 19.4 Å². The predicted molar refractivity (Wildman–Crippen MR) is 76.4 cm³/mol. The van der Waals surface area contributed by atoms with Crippen LogP contribution < -0.4 is 5.11 Å². The molecule has 1 aliphatic heterocycles. The Labute approximate surface area is 123 Å². The molecule has 0 aromatic heterocycles. The summed E-state index contributed by atoms with van der Waals surface area (Å²) in [6, 6.07) is 0. The van der Waals surface area contributed by atoms with Crippen LogP contribution in [0.2, 0.25) is 0 Å². The van der Waals surface area contributed by atoms with Crippen molar-refractivity contribution >= 4 is 30.0 Å². The molecule has 1 amide bonds. The highest BCUT2D eigenvalue weighted by Crippen LogP contribution is 2.35. The van der Waals surface area contributed by atoms with E-state index >= 15 is 0 Å². The first kappa shape index (κ1) is 16.8. The van der Waals surface area contributed by atoms with Gasteiger partial charge in [-0.25, -0.2) is 0 Å². The molecule has 20 heavy (non-hydrogen) atoms. The normalized spacial score (nSPS) is 22.8. The first-order valence-corrected chi connectivity index (χ1v) is 7.41. The number of rotatable bonds is 3. The number of thioether (sulfide) groups is 1. The van der Waals surface area contributed by atoms with Crippen molar-refractivity contribution in [2.45, 2.75) is 51.1 Å². The van der Waals surface area contributed by atoms with E-state index in [9.17, 15) is 14.7 Å². The van der Waals surface area contributed by atoms with Crippen LogP contribution in [-0.2, 0) is 14.3 Å². The van der Waals surface area contributed by atoms with Crippen molar-refractivity contribution in [3.05, 3.63) is 0 Å². The Morgan fingerprint density at radius 3 is 2.65 bits per heavy atom. The second kappa shape index (κ2) is 6.03. The predicted octanol–water partition coefficient (Wildman–Crippen LogP) is 0.397. The summed E-state index contributed by atoms with van der Waals surface area (Å²) < 4.78 is 5.00. The second-order valence-electron chi connectivity index (χ2n) is 6.21. The Kier molecular flexibility index (Phi) is 5.07. The van der Waals surface area contributed by atoms with Gasteiger partial charge in [0.25, 0.3) is 0 Å². The van der Waals surface area contributed by atoms with Crippen molar-refractivity contribution in [1.29, 1.82) is 0 Å². The van der Waals surface area contributed by atoms with Crippen LogP contribution in [0.15, 0.2) is 4.99 Å². The summed E-state index contributed by atoms with van der Waals surface area (Å²) in [5.41, 5.74) is -1.06. The summed E-state index contributed by atoms with van der Waals surface area (Å²) in [5, 5.41) is 10.9. The standard InChI is InChI=1S/C13H22N2O4S/c1-12(2,3)19-11(18)14-6-9(17)15-10(7-16)20-8-13(15,4)5/h7,10H,6,8H2,1-5H3,(H,14,18)/p-1/t10-/m1/s1. The second-order valence-corrected chi connectivity index (χ2v) is 7.32. The number of hydrogen-bond acceptors (Lipinski definition) is 6. The summed E-state index contributed by atoms with van der Waals surface area (Å²) in [6.07, 6.45) is -0.0247. The highest BCUT2D eigenvalue weighted by atomic mass is 32.2. The van der Waals surface area contributed by atoms with Crippen LogP contribution in [0.1, 0.15) is 34.6 Å². The van der Waals surface area contributed by atoms with Gasteiger partial charge in [-0.05, 0) is 13.8 Å². The van der Waals surface area contributed by atoms with E-state index in [0.29, 0.717) is 5.75 Å². The lowest BCUT2D eigenvalue weighted by atomic mass is 10.1. The van der Waals surface area contributed by atoms with Gasteiger partial charge in [0.2, 0.25) is 5.91 Å². The molecule has 7 heteroatoms. The minimum Gasteiger partial charge on any atom is -0.595 e. The monoisotopic (exact) mass is 301 g/mol. The first-order valence-electron chi connectivity index (χ1n) is 6.36. The van der Waals surface area contributed by atoms with Gasteiger partial charge in [-0.3, -0.25) is 9.79 Å². The molecule has 0 N–H and O–H groups in total. The molecule has 1 saturated heterocycles. The summed E-state index contributed by atoms with van der Waals surface area (Å²) in [5.74, 6) is 0.331. The van der Waals surface area contributed by atoms with Crippen LogP contribution >= 0.6 is 11.8 Å². The third kappa shape index (κ3) is 4.40. The maximum Gasteiger partial charge on any atom is 0.246 e. The number of ether oxygens (including phenoxy) is 1. The molecule has 6 nitrogen and oxygen atoms in total. The summed E-state index contributed by atoms with van der Waals surface area (Å²) >= 11 is 1.41. The molecule has 1 fully saturated rings. The molecular formula is C13H21N2O4S-. The van der Waals surface area contributed by atoms with Crippen molar-refractivity contribution in [3.63, 3.8) is 0 Å². The number of nitrogens with zero attached hydrogens (tertiary/aromatic N) is 2. The van der Waals surface area contributed by atoms with Gasteiger partial charge in [-0.1, -0.05) is 20.8 Å². The Bertz CT molecular complexity index is 415. The van der Waals surface area contributed by atoms with Crippen LogP contribution in [0.4, 0.5) is 0 Å².